The second-order valence-electron chi connectivity index (χ2n) is 13.5. The highest BCUT2D eigenvalue weighted by Gasteiger charge is 2.55. The zero-order valence-electron chi connectivity index (χ0n) is 27.7. The molecular formula is C33H52F3N5O5. The van der Waals surface area contributed by atoms with Crippen molar-refractivity contribution in [2.24, 2.45) is 13.0 Å². The predicted octanol–water partition coefficient (Wildman–Crippen LogP) is 6.04. The quantitative estimate of drug-likeness (QED) is 0.346. The Balaban J connectivity index is 0.000000617. The number of hydrogen-bond acceptors (Lipinski definition) is 6. The van der Waals surface area contributed by atoms with E-state index in [1.807, 2.05) is 18.0 Å². The van der Waals surface area contributed by atoms with Gasteiger partial charge >= 0.3 is 18.2 Å². The lowest BCUT2D eigenvalue weighted by atomic mass is 9.80. The molecule has 5 rings (SSSR count). The largest absolute Gasteiger partial charge is 0.490 e. The molecule has 1 atom stereocenters. The van der Waals surface area contributed by atoms with Gasteiger partial charge in [0.1, 0.15) is 11.3 Å². The first-order valence-electron chi connectivity index (χ1n) is 17.2. The average molecular weight is 656 g/mol. The summed E-state index contributed by atoms with van der Waals surface area (Å²) in [4.78, 5) is 42.1. The summed E-state index contributed by atoms with van der Waals surface area (Å²) in [6.45, 7) is 8.82. The number of amides is 2. The van der Waals surface area contributed by atoms with Crippen molar-refractivity contribution in [3.05, 3.63) is 17.5 Å². The highest BCUT2D eigenvalue weighted by molar-refractivity contribution is 5.92. The Morgan fingerprint density at radius 1 is 1.02 bits per heavy atom. The number of piperidine rings is 2. The summed E-state index contributed by atoms with van der Waals surface area (Å²) in [5.74, 6) is -2.01. The first-order chi connectivity index (χ1) is 21.9. The number of nitrogens with zero attached hydrogens (tertiary/aromatic N) is 5. The first kappa shape index (κ1) is 36.0. The van der Waals surface area contributed by atoms with Gasteiger partial charge in [-0.2, -0.15) is 18.3 Å². The molecule has 1 N–H and O–H groups in total. The fourth-order valence-electron chi connectivity index (χ4n) is 7.78. The number of carbonyl (C=O) groups excluding carboxylic acids is 2. The van der Waals surface area contributed by atoms with Gasteiger partial charge in [-0.1, -0.05) is 52.4 Å². The minimum absolute atomic E-state index is 0.0563. The Kier molecular flexibility index (Phi) is 12.4. The summed E-state index contributed by atoms with van der Waals surface area (Å²) in [6, 6.07) is 2.69. The normalized spacial score (nSPS) is 22.9. The van der Waals surface area contributed by atoms with E-state index < -0.39 is 12.1 Å². The van der Waals surface area contributed by atoms with Crippen LogP contribution in [0.2, 0.25) is 0 Å². The molecule has 1 spiro atoms. The molecule has 2 amide bonds. The maximum atomic E-state index is 13.2. The average Bonchev–Trinajstić information content (AvgIpc) is 3.52. The SMILES string of the molecule is CCCCC1N(CC2CCCCC2)C(=O)OC12CCN(C1CCN(C(=O)c3cc(CCC)nn3C)CC1)CC2.O=C(O)C(F)(F)F. The molecule has 0 bridgehead atoms. The van der Waals surface area contributed by atoms with E-state index in [0.717, 1.165) is 96.2 Å². The summed E-state index contributed by atoms with van der Waals surface area (Å²) >= 11 is 0. The number of aliphatic carboxylic acids is 1. The van der Waals surface area contributed by atoms with Crippen LogP contribution in [0, 0.1) is 5.92 Å². The van der Waals surface area contributed by atoms with Gasteiger partial charge in [0, 0.05) is 58.7 Å². The Hall–Kier alpha value is -2.83. The minimum Gasteiger partial charge on any atom is -0.475 e. The van der Waals surface area contributed by atoms with Crippen molar-refractivity contribution < 1.29 is 37.4 Å². The molecule has 3 saturated heterocycles. The number of rotatable bonds is 9. The van der Waals surface area contributed by atoms with Gasteiger partial charge in [0.2, 0.25) is 0 Å². The number of aromatic nitrogens is 2. The number of hydrogen-bond donors (Lipinski definition) is 1. The molecule has 4 aliphatic rings. The van der Waals surface area contributed by atoms with E-state index in [2.05, 4.69) is 28.7 Å². The lowest BCUT2D eigenvalue weighted by Gasteiger charge is -2.46. The maximum Gasteiger partial charge on any atom is 0.490 e. The van der Waals surface area contributed by atoms with Gasteiger partial charge in [-0.05, 0) is 50.5 Å². The second kappa shape index (κ2) is 15.8. The zero-order valence-corrected chi connectivity index (χ0v) is 27.7. The highest BCUT2D eigenvalue weighted by Crippen LogP contribution is 2.43. The monoisotopic (exact) mass is 655 g/mol. The summed E-state index contributed by atoms with van der Waals surface area (Å²) in [7, 11) is 1.88. The molecule has 10 nitrogen and oxygen atoms in total. The molecule has 1 unspecified atom stereocenters. The fraction of sp³-hybridized carbons (Fsp3) is 0.818. The number of alkyl halides is 3. The number of carboxylic acids is 1. The summed E-state index contributed by atoms with van der Waals surface area (Å²) in [6.07, 6.45) is 10.5. The molecular weight excluding hydrogens is 603 g/mol. The van der Waals surface area contributed by atoms with E-state index in [-0.39, 0.29) is 23.6 Å². The number of carbonyl (C=O) groups is 3. The van der Waals surface area contributed by atoms with Crippen molar-refractivity contribution in [2.45, 2.75) is 128 Å². The number of halogens is 3. The van der Waals surface area contributed by atoms with E-state index in [1.165, 1.54) is 32.1 Å². The van der Waals surface area contributed by atoms with Gasteiger partial charge in [0.15, 0.2) is 0 Å². The van der Waals surface area contributed by atoms with Crippen molar-refractivity contribution in [1.82, 2.24) is 24.5 Å². The van der Waals surface area contributed by atoms with Crippen LogP contribution >= 0.6 is 0 Å². The van der Waals surface area contributed by atoms with E-state index in [0.29, 0.717) is 17.7 Å². The Labute approximate surface area is 270 Å². The van der Waals surface area contributed by atoms with Crippen LogP contribution in [0.15, 0.2) is 6.07 Å². The fourth-order valence-corrected chi connectivity index (χ4v) is 7.78. The standard InChI is InChI=1S/C31H51N5O3.C2HF3O2/c1-4-6-13-28-31(39-30(38)36(28)23-24-11-8-7-9-12-24)16-20-34(21-17-31)26-14-18-35(19-15-26)29(37)27-22-25(10-5-2)32-33(27)3;3-2(4,5)1(6)7/h22,24,26,28H,4-21,23H2,1-3H3;(H,6,7). The molecule has 1 aromatic heterocycles. The molecule has 0 aromatic carbocycles. The van der Waals surface area contributed by atoms with Crippen molar-refractivity contribution in [1.29, 1.82) is 0 Å². The van der Waals surface area contributed by atoms with Gasteiger partial charge in [-0.15, -0.1) is 0 Å². The first-order valence-corrected chi connectivity index (χ1v) is 17.2. The summed E-state index contributed by atoms with van der Waals surface area (Å²) in [5.41, 5.74) is 1.39. The van der Waals surface area contributed by atoms with Gasteiger partial charge < -0.3 is 19.6 Å². The third-order valence-electron chi connectivity index (χ3n) is 10.3. The van der Waals surface area contributed by atoms with E-state index in [1.54, 1.807) is 4.68 Å². The number of ether oxygens (including phenoxy) is 1. The number of likely N-dealkylation sites (tertiary alicyclic amines) is 2. The maximum absolute atomic E-state index is 13.2. The highest BCUT2D eigenvalue weighted by atomic mass is 19.4. The smallest absolute Gasteiger partial charge is 0.475 e. The van der Waals surface area contributed by atoms with Crippen LogP contribution in [-0.2, 0) is 23.0 Å². The van der Waals surface area contributed by atoms with Crippen LogP contribution < -0.4 is 0 Å². The molecule has 4 fully saturated rings. The van der Waals surface area contributed by atoms with E-state index in [4.69, 9.17) is 14.6 Å². The number of unbranched alkanes of at least 4 members (excludes halogenated alkanes) is 1. The van der Waals surface area contributed by atoms with Crippen molar-refractivity contribution in [3.8, 4) is 0 Å². The molecule has 1 saturated carbocycles. The third kappa shape index (κ3) is 8.74. The van der Waals surface area contributed by atoms with E-state index >= 15 is 0 Å². The Morgan fingerprint density at radius 3 is 2.22 bits per heavy atom. The predicted molar refractivity (Wildman–Crippen MR) is 166 cm³/mol. The minimum atomic E-state index is -5.08. The zero-order chi connectivity index (χ0) is 33.5. The van der Waals surface area contributed by atoms with Crippen LogP contribution in [-0.4, -0.2) is 104 Å². The van der Waals surface area contributed by atoms with Gasteiger partial charge in [-0.25, -0.2) is 9.59 Å². The Bertz CT molecular complexity index is 1170. The van der Waals surface area contributed by atoms with E-state index in [9.17, 15) is 22.8 Å². The van der Waals surface area contributed by atoms with Crippen LogP contribution in [0.4, 0.5) is 18.0 Å². The molecule has 1 aliphatic carbocycles. The summed E-state index contributed by atoms with van der Waals surface area (Å²) < 4.78 is 39.8. The number of aryl methyl sites for hydroxylation is 2. The second-order valence-corrected chi connectivity index (χ2v) is 13.5. The van der Waals surface area contributed by atoms with Crippen LogP contribution in [0.3, 0.4) is 0 Å². The van der Waals surface area contributed by atoms with Crippen molar-refractivity contribution in [2.75, 3.05) is 32.7 Å². The van der Waals surface area contributed by atoms with Gasteiger partial charge in [0.25, 0.3) is 5.91 Å². The van der Waals surface area contributed by atoms with Crippen molar-refractivity contribution in [3.63, 3.8) is 0 Å². The lowest BCUT2D eigenvalue weighted by molar-refractivity contribution is -0.192. The molecule has 4 heterocycles. The topological polar surface area (TPSA) is 108 Å². The van der Waals surface area contributed by atoms with Crippen LogP contribution in [0.1, 0.15) is 114 Å². The van der Waals surface area contributed by atoms with Crippen LogP contribution in [0.5, 0.6) is 0 Å². The Morgan fingerprint density at radius 2 is 1.65 bits per heavy atom. The van der Waals surface area contributed by atoms with Crippen molar-refractivity contribution >= 4 is 18.0 Å². The molecule has 1 aromatic rings. The summed E-state index contributed by atoms with van der Waals surface area (Å²) in [5, 5.41) is 11.7. The lowest BCUT2D eigenvalue weighted by Crippen LogP contribution is -2.56. The molecule has 3 aliphatic heterocycles. The number of carboxylic acid groups (broad SMARTS) is 1. The van der Waals surface area contributed by atoms with Gasteiger partial charge in [-0.3, -0.25) is 14.4 Å². The molecule has 46 heavy (non-hydrogen) atoms. The van der Waals surface area contributed by atoms with Gasteiger partial charge in [0.05, 0.1) is 11.7 Å². The molecule has 260 valence electrons. The van der Waals surface area contributed by atoms with Crippen LogP contribution in [0.25, 0.3) is 0 Å². The third-order valence-corrected chi connectivity index (χ3v) is 10.3. The molecule has 13 heteroatoms. The molecule has 0 radical (unpaired) electrons.